The van der Waals surface area contributed by atoms with E-state index in [1.54, 1.807) is 20.0 Å². The van der Waals surface area contributed by atoms with Crippen LogP contribution in [-0.2, 0) is 7.05 Å². The Balaban J connectivity index is 1.75. The van der Waals surface area contributed by atoms with E-state index in [9.17, 15) is 0 Å². The third kappa shape index (κ3) is 3.46. The smallest absolute Gasteiger partial charge is 0.216 e. The number of rotatable bonds is 3. The van der Waals surface area contributed by atoms with Gasteiger partial charge in [-0.15, -0.1) is 0 Å². The van der Waals surface area contributed by atoms with Gasteiger partial charge in [0.25, 0.3) is 0 Å². The second kappa shape index (κ2) is 7.82. The van der Waals surface area contributed by atoms with Crippen molar-refractivity contribution in [3.05, 3.63) is 64.8 Å². The second-order valence-electron chi connectivity index (χ2n) is 9.21. The van der Waals surface area contributed by atoms with E-state index in [0.29, 0.717) is 5.56 Å². The summed E-state index contributed by atoms with van der Waals surface area (Å²) in [5, 5.41) is 2.00. The molecule has 0 unspecified atom stereocenters. The van der Waals surface area contributed by atoms with Crippen LogP contribution in [0.25, 0.3) is 33.2 Å². The summed E-state index contributed by atoms with van der Waals surface area (Å²) in [6.45, 7) is 3.16. The maximum atomic E-state index is 9.05. The maximum Gasteiger partial charge on any atom is 0.216 e. The lowest BCUT2D eigenvalue weighted by Crippen LogP contribution is -2.32. The Morgan fingerprint density at radius 2 is 1.84 bits per heavy atom. The molecular weight excluding hydrogens is 378 g/mol. The van der Waals surface area contributed by atoms with Crippen LogP contribution >= 0.6 is 0 Å². The number of benzene rings is 2. The highest BCUT2D eigenvalue weighted by atomic mass is 16.3. The van der Waals surface area contributed by atoms with E-state index in [4.69, 9.17) is 11.3 Å². The normalized spacial score (nSPS) is 19.5. The van der Waals surface area contributed by atoms with Gasteiger partial charge in [-0.1, -0.05) is 57.4 Å². The standard InChI is InChI=1S/C29H34NO/c1-18(2)25-16-26(30(5)17-20(25)4)28-19(3)11-13-24-23-14-12-22(15-27(23)31-29(24)28)21-9-7-6-8-10-21/h11-18,21H,6-10H2,1-5H3/q+1/i4D3,18D,21D. The molecule has 1 fully saturated rings. The number of hydrogen-bond donors (Lipinski definition) is 0. The van der Waals surface area contributed by atoms with E-state index in [1.807, 2.05) is 30.7 Å². The first-order valence-electron chi connectivity index (χ1n) is 13.8. The topological polar surface area (TPSA) is 17.0 Å². The van der Waals surface area contributed by atoms with E-state index in [2.05, 4.69) is 24.3 Å². The fourth-order valence-electron chi connectivity index (χ4n) is 5.06. The van der Waals surface area contributed by atoms with Gasteiger partial charge in [-0.2, -0.15) is 0 Å². The molecule has 5 rings (SSSR count). The van der Waals surface area contributed by atoms with Gasteiger partial charge in [0.2, 0.25) is 5.69 Å². The average molecular weight is 418 g/mol. The van der Waals surface area contributed by atoms with E-state index in [-0.39, 0.29) is 5.56 Å². The van der Waals surface area contributed by atoms with Gasteiger partial charge >= 0.3 is 0 Å². The third-order valence-electron chi connectivity index (χ3n) is 6.78. The molecule has 2 aromatic heterocycles. The molecule has 0 amide bonds. The highest BCUT2D eigenvalue weighted by Crippen LogP contribution is 2.40. The SMILES string of the molecule is [2H]C([2H])([2H])c1c[n+](C)c(-c2c(C)ccc3c2oc2cc(C4([2H])CCCCC4)ccc23)cc1C([2H])(C)C. The van der Waals surface area contributed by atoms with Crippen molar-refractivity contribution in [1.29, 1.82) is 0 Å². The summed E-state index contributed by atoms with van der Waals surface area (Å²) in [6, 6.07) is 12.2. The van der Waals surface area contributed by atoms with Gasteiger partial charge in [-0.05, 0) is 61.2 Å². The van der Waals surface area contributed by atoms with Crippen LogP contribution in [0.1, 0.15) is 86.8 Å². The summed E-state index contributed by atoms with van der Waals surface area (Å²) in [4.78, 5) is 0. The second-order valence-corrected chi connectivity index (χ2v) is 9.21. The van der Waals surface area contributed by atoms with Gasteiger partial charge < -0.3 is 4.42 Å². The molecule has 31 heavy (non-hydrogen) atoms. The average Bonchev–Trinajstić information content (AvgIpc) is 3.16. The van der Waals surface area contributed by atoms with Gasteiger partial charge in [-0.3, -0.25) is 0 Å². The van der Waals surface area contributed by atoms with Crippen LogP contribution < -0.4 is 4.57 Å². The molecule has 2 aromatic carbocycles. The predicted octanol–water partition coefficient (Wildman–Crippen LogP) is 7.87. The summed E-state index contributed by atoms with van der Waals surface area (Å²) in [6.07, 6.45) is 6.76. The predicted molar refractivity (Wildman–Crippen MR) is 130 cm³/mol. The number of furan rings is 1. The molecule has 2 nitrogen and oxygen atoms in total. The molecular formula is C29H34NO+. The molecule has 0 N–H and O–H groups in total. The van der Waals surface area contributed by atoms with Gasteiger partial charge in [0.1, 0.15) is 18.2 Å². The minimum Gasteiger partial charge on any atom is -0.455 e. The molecule has 2 heterocycles. The third-order valence-corrected chi connectivity index (χ3v) is 6.78. The molecule has 160 valence electrons. The first-order chi connectivity index (χ1) is 16.8. The highest BCUT2D eigenvalue weighted by Gasteiger charge is 2.23. The summed E-state index contributed by atoms with van der Waals surface area (Å²) in [5.74, 6) is -1.64. The van der Waals surface area contributed by atoms with E-state index < -0.39 is 18.6 Å². The van der Waals surface area contributed by atoms with Gasteiger partial charge in [0, 0.05) is 29.3 Å². The van der Waals surface area contributed by atoms with Crippen LogP contribution in [0.2, 0.25) is 0 Å². The van der Waals surface area contributed by atoms with E-state index in [0.717, 1.165) is 70.0 Å². The summed E-state index contributed by atoms with van der Waals surface area (Å²) in [5.41, 5.74) is 5.93. The monoisotopic (exact) mass is 417 g/mol. The molecule has 2 heteroatoms. The molecule has 1 aliphatic carbocycles. The zero-order valence-electron chi connectivity index (χ0n) is 23.9. The van der Waals surface area contributed by atoms with E-state index in [1.165, 1.54) is 6.42 Å². The van der Waals surface area contributed by atoms with Gasteiger partial charge in [0.15, 0.2) is 6.20 Å². The van der Waals surface area contributed by atoms with Crippen LogP contribution in [0.3, 0.4) is 0 Å². The Bertz CT molecular complexity index is 1470. The Kier molecular flexibility index (Phi) is 3.84. The van der Waals surface area contributed by atoms with Crippen molar-refractivity contribution in [3.63, 3.8) is 0 Å². The summed E-state index contributed by atoms with van der Waals surface area (Å²) >= 11 is 0. The van der Waals surface area contributed by atoms with Crippen molar-refractivity contribution < 1.29 is 15.8 Å². The Morgan fingerprint density at radius 3 is 2.58 bits per heavy atom. The van der Waals surface area contributed by atoms with Crippen molar-refractivity contribution in [2.45, 2.75) is 71.5 Å². The van der Waals surface area contributed by atoms with Gasteiger partial charge in [0.05, 0.1) is 5.56 Å². The number of aryl methyl sites for hydroxylation is 3. The minimum atomic E-state index is -2.31. The summed E-state index contributed by atoms with van der Waals surface area (Å²) < 4.78 is 50.2. The minimum absolute atomic E-state index is 0.195. The lowest BCUT2D eigenvalue weighted by Gasteiger charge is -2.21. The van der Waals surface area contributed by atoms with Crippen LogP contribution in [-0.4, -0.2) is 0 Å². The fourth-order valence-corrected chi connectivity index (χ4v) is 5.06. The Labute approximate surface area is 192 Å². The van der Waals surface area contributed by atoms with Crippen LogP contribution in [0.5, 0.6) is 0 Å². The molecule has 0 aliphatic heterocycles. The van der Waals surface area contributed by atoms with Crippen molar-refractivity contribution in [2.75, 3.05) is 0 Å². The van der Waals surface area contributed by atoms with Crippen LogP contribution in [0.15, 0.2) is 47.0 Å². The van der Waals surface area contributed by atoms with Crippen molar-refractivity contribution in [2.24, 2.45) is 7.05 Å². The maximum absolute atomic E-state index is 9.05. The molecule has 0 saturated heterocycles. The Morgan fingerprint density at radius 1 is 1.06 bits per heavy atom. The lowest BCUT2D eigenvalue weighted by molar-refractivity contribution is -0.660. The first-order valence-corrected chi connectivity index (χ1v) is 11.3. The number of aromatic nitrogens is 1. The van der Waals surface area contributed by atoms with Crippen LogP contribution in [0, 0.1) is 13.8 Å². The number of nitrogens with zero attached hydrogens (tertiary/aromatic N) is 1. The Hall–Kier alpha value is -2.61. The molecule has 4 aromatic rings. The number of fused-ring (bicyclic) bond motifs is 3. The zero-order chi connectivity index (χ0) is 26.0. The molecule has 0 atom stereocenters. The molecule has 1 saturated carbocycles. The zero-order valence-corrected chi connectivity index (χ0v) is 18.9. The highest BCUT2D eigenvalue weighted by molar-refractivity contribution is 6.09. The largest absolute Gasteiger partial charge is 0.455 e. The van der Waals surface area contributed by atoms with Crippen molar-refractivity contribution >= 4 is 21.9 Å². The lowest BCUT2D eigenvalue weighted by atomic mass is 9.84. The first kappa shape index (κ1) is 15.2. The van der Waals surface area contributed by atoms with Crippen molar-refractivity contribution in [3.8, 4) is 11.3 Å². The fraction of sp³-hybridized carbons (Fsp3) is 0.414. The molecule has 0 spiro atoms. The quantitative estimate of drug-likeness (QED) is 0.310. The van der Waals surface area contributed by atoms with Crippen molar-refractivity contribution in [1.82, 2.24) is 0 Å². The summed E-state index contributed by atoms with van der Waals surface area (Å²) in [7, 11) is 1.84. The molecule has 0 radical (unpaired) electrons. The number of pyridine rings is 1. The molecule has 0 bridgehead atoms. The van der Waals surface area contributed by atoms with Crippen LogP contribution in [0.4, 0.5) is 0 Å². The van der Waals surface area contributed by atoms with E-state index >= 15 is 0 Å². The van der Waals surface area contributed by atoms with Gasteiger partial charge in [-0.25, -0.2) is 4.57 Å². The molecule has 1 aliphatic rings. The number of hydrogen-bond acceptors (Lipinski definition) is 1.